The molecule has 0 bridgehead atoms. The number of hydrogen-bond donors (Lipinski definition) is 1. The van der Waals surface area contributed by atoms with Gasteiger partial charge in [0.25, 0.3) is 0 Å². The van der Waals surface area contributed by atoms with Crippen molar-refractivity contribution in [3.05, 3.63) is 47.6 Å². The first-order valence-electron chi connectivity index (χ1n) is 5.62. The maximum atomic E-state index is 6.02. The van der Waals surface area contributed by atoms with Gasteiger partial charge in [0.1, 0.15) is 0 Å². The summed E-state index contributed by atoms with van der Waals surface area (Å²) in [6.45, 7) is 0. The SMILES string of the molecule is Cn1c(-c2ccc(N)cn2)cc2ccc(Cl)cc21. The first-order valence-corrected chi connectivity index (χ1v) is 6.00. The van der Waals surface area contributed by atoms with Crippen LogP contribution in [0, 0.1) is 0 Å². The minimum absolute atomic E-state index is 0.667. The van der Waals surface area contributed by atoms with Gasteiger partial charge >= 0.3 is 0 Å². The summed E-state index contributed by atoms with van der Waals surface area (Å²) in [4.78, 5) is 4.35. The van der Waals surface area contributed by atoms with E-state index >= 15 is 0 Å². The molecule has 4 heteroatoms. The Morgan fingerprint density at radius 3 is 2.72 bits per heavy atom. The van der Waals surface area contributed by atoms with Crippen molar-refractivity contribution in [2.24, 2.45) is 7.05 Å². The number of nitrogen functional groups attached to an aromatic ring is 1. The highest BCUT2D eigenvalue weighted by molar-refractivity contribution is 6.31. The Balaban J connectivity index is 2.23. The van der Waals surface area contributed by atoms with Gasteiger partial charge in [0.2, 0.25) is 0 Å². The van der Waals surface area contributed by atoms with Crippen LogP contribution in [0.25, 0.3) is 22.3 Å². The number of nitrogens with zero attached hydrogens (tertiary/aromatic N) is 2. The summed E-state index contributed by atoms with van der Waals surface area (Å²) in [6, 6.07) is 11.7. The Kier molecular flexibility index (Phi) is 2.49. The average molecular weight is 258 g/mol. The molecule has 0 fully saturated rings. The standard InChI is InChI=1S/C14H12ClN3/c1-18-13-7-10(15)3-2-9(13)6-14(18)12-5-4-11(16)8-17-12/h2-8H,16H2,1H3. The van der Waals surface area contributed by atoms with Crippen molar-refractivity contribution in [3.63, 3.8) is 0 Å². The number of hydrogen-bond acceptors (Lipinski definition) is 2. The van der Waals surface area contributed by atoms with Gasteiger partial charge in [0.15, 0.2) is 0 Å². The number of fused-ring (bicyclic) bond motifs is 1. The highest BCUT2D eigenvalue weighted by Crippen LogP contribution is 2.28. The predicted molar refractivity (Wildman–Crippen MR) is 75.6 cm³/mol. The van der Waals surface area contributed by atoms with Crippen LogP contribution in [0.1, 0.15) is 0 Å². The van der Waals surface area contributed by atoms with Crippen LogP contribution in [0.4, 0.5) is 5.69 Å². The lowest BCUT2D eigenvalue weighted by Crippen LogP contribution is -1.94. The number of nitrogens with two attached hydrogens (primary N) is 1. The van der Waals surface area contributed by atoms with E-state index in [1.165, 1.54) is 0 Å². The molecule has 0 aliphatic carbocycles. The molecule has 0 spiro atoms. The third-order valence-corrected chi connectivity index (χ3v) is 3.29. The minimum atomic E-state index is 0.667. The fourth-order valence-electron chi connectivity index (χ4n) is 2.11. The van der Waals surface area contributed by atoms with Crippen LogP contribution in [0.2, 0.25) is 5.02 Å². The van der Waals surface area contributed by atoms with E-state index < -0.39 is 0 Å². The van der Waals surface area contributed by atoms with E-state index in [9.17, 15) is 0 Å². The Bertz CT molecular complexity index is 714. The lowest BCUT2D eigenvalue weighted by molar-refractivity contribution is 0.970. The van der Waals surface area contributed by atoms with Gasteiger partial charge in [-0.3, -0.25) is 4.98 Å². The van der Waals surface area contributed by atoms with Crippen LogP contribution < -0.4 is 5.73 Å². The maximum absolute atomic E-state index is 6.02. The molecule has 0 amide bonds. The molecular formula is C14H12ClN3. The summed E-state index contributed by atoms with van der Waals surface area (Å²) in [5, 5.41) is 1.89. The van der Waals surface area contributed by atoms with E-state index in [0.717, 1.165) is 27.3 Å². The first-order chi connectivity index (χ1) is 8.65. The lowest BCUT2D eigenvalue weighted by atomic mass is 10.2. The normalized spacial score (nSPS) is 11.0. The number of benzene rings is 1. The number of halogens is 1. The minimum Gasteiger partial charge on any atom is -0.397 e. The second kappa shape index (κ2) is 4.03. The summed E-state index contributed by atoms with van der Waals surface area (Å²) in [6.07, 6.45) is 1.67. The Labute approximate surface area is 110 Å². The van der Waals surface area contributed by atoms with E-state index in [1.807, 2.05) is 37.4 Å². The lowest BCUT2D eigenvalue weighted by Gasteiger charge is -2.04. The fourth-order valence-corrected chi connectivity index (χ4v) is 2.27. The molecule has 0 aliphatic heterocycles. The molecule has 0 saturated carbocycles. The molecular weight excluding hydrogens is 246 g/mol. The van der Waals surface area contributed by atoms with Crippen molar-refractivity contribution in [2.75, 3.05) is 5.73 Å². The van der Waals surface area contributed by atoms with E-state index in [2.05, 4.69) is 15.6 Å². The van der Waals surface area contributed by atoms with Crippen molar-refractivity contribution in [2.45, 2.75) is 0 Å². The van der Waals surface area contributed by atoms with E-state index in [1.54, 1.807) is 6.20 Å². The highest BCUT2D eigenvalue weighted by atomic mass is 35.5. The van der Waals surface area contributed by atoms with Crippen molar-refractivity contribution in [1.29, 1.82) is 0 Å². The zero-order chi connectivity index (χ0) is 12.7. The van der Waals surface area contributed by atoms with Gasteiger partial charge in [0.05, 0.1) is 23.3 Å². The quantitative estimate of drug-likeness (QED) is 0.725. The second-order valence-corrected chi connectivity index (χ2v) is 4.70. The van der Waals surface area contributed by atoms with Gasteiger partial charge < -0.3 is 10.3 Å². The monoisotopic (exact) mass is 257 g/mol. The zero-order valence-corrected chi connectivity index (χ0v) is 10.6. The van der Waals surface area contributed by atoms with Crippen LogP contribution in [-0.2, 0) is 7.05 Å². The van der Waals surface area contributed by atoms with Crippen molar-refractivity contribution < 1.29 is 0 Å². The molecule has 3 aromatic rings. The van der Waals surface area contributed by atoms with Crippen molar-refractivity contribution in [1.82, 2.24) is 9.55 Å². The number of anilines is 1. The molecule has 0 atom stereocenters. The summed E-state index contributed by atoms with van der Waals surface area (Å²) < 4.78 is 2.08. The van der Waals surface area contributed by atoms with Crippen LogP contribution >= 0.6 is 11.6 Å². The number of rotatable bonds is 1. The summed E-state index contributed by atoms with van der Waals surface area (Å²) in [5.74, 6) is 0. The molecule has 2 N–H and O–H groups in total. The van der Waals surface area contributed by atoms with E-state index in [-0.39, 0.29) is 0 Å². The molecule has 2 heterocycles. The molecule has 0 radical (unpaired) electrons. The molecule has 1 aromatic carbocycles. The molecule has 0 aliphatic rings. The van der Waals surface area contributed by atoms with Crippen molar-refractivity contribution >= 4 is 28.2 Å². The smallest absolute Gasteiger partial charge is 0.0868 e. The van der Waals surface area contributed by atoms with Gasteiger partial charge in [0, 0.05) is 23.0 Å². The largest absolute Gasteiger partial charge is 0.397 e. The Hall–Kier alpha value is -2.00. The van der Waals surface area contributed by atoms with Gasteiger partial charge in [-0.05, 0) is 30.3 Å². The van der Waals surface area contributed by atoms with Gasteiger partial charge in [-0.15, -0.1) is 0 Å². The molecule has 3 nitrogen and oxygen atoms in total. The molecule has 2 aromatic heterocycles. The van der Waals surface area contributed by atoms with Crippen LogP contribution in [-0.4, -0.2) is 9.55 Å². The second-order valence-electron chi connectivity index (χ2n) is 4.27. The summed E-state index contributed by atoms with van der Waals surface area (Å²) >= 11 is 6.02. The maximum Gasteiger partial charge on any atom is 0.0868 e. The molecule has 18 heavy (non-hydrogen) atoms. The van der Waals surface area contributed by atoms with Crippen molar-refractivity contribution in [3.8, 4) is 11.4 Å². The topological polar surface area (TPSA) is 43.8 Å². The molecule has 3 rings (SSSR count). The number of pyridine rings is 1. The van der Waals surface area contributed by atoms with Gasteiger partial charge in [-0.25, -0.2) is 0 Å². The predicted octanol–water partition coefficient (Wildman–Crippen LogP) is 3.48. The van der Waals surface area contributed by atoms with Gasteiger partial charge in [-0.2, -0.15) is 0 Å². The van der Waals surface area contributed by atoms with Crippen LogP contribution in [0.15, 0.2) is 42.6 Å². The number of aromatic nitrogens is 2. The average Bonchev–Trinajstić information content (AvgIpc) is 2.68. The van der Waals surface area contributed by atoms with Gasteiger partial charge in [-0.1, -0.05) is 17.7 Å². The Morgan fingerprint density at radius 1 is 1.17 bits per heavy atom. The molecule has 0 unspecified atom stereocenters. The Morgan fingerprint density at radius 2 is 2.00 bits per heavy atom. The highest BCUT2D eigenvalue weighted by Gasteiger charge is 2.09. The van der Waals surface area contributed by atoms with Crippen LogP contribution in [0.3, 0.4) is 0 Å². The fraction of sp³-hybridized carbons (Fsp3) is 0.0714. The molecule has 0 saturated heterocycles. The zero-order valence-electron chi connectivity index (χ0n) is 9.89. The number of aryl methyl sites for hydroxylation is 1. The van der Waals surface area contributed by atoms with Crippen LogP contribution in [0.5, 0.6) is 0 Å². The summed E-state index contributed by atoms with van der Waals surface area (Å²) in [7, 11) is 2.01. The third kappa shape index (κ3) is 1.73. The summed E-state index contributed by atoms with van der Waals surface area (Å²) in [5.41, 5.74) is 9.36. The third-order valence-electron chi connectivity index (χ3n) is 3.06. The first kappa shape index (κ1) is 11.1. The van der Waals surface area contributed by atoms with E-state index in [0.29, 0.717) is 5.69 Å². The molecule has 90 valence electrons. The van der Waals surface area contributed by atoms with E-state index in [4.69, 9.17) is 17.3 Å².